The highest BCUT2D eigenvalue weighted by Crippen LogP contribution is 2.32. The monoisotopic (exact) mass is 513 g/mol. The van der Waals surface area contributed by atoms with Crippen molar-refractivity contribution < 1.29 is 29.2 Å². The summed E-state index contributed by atoms with van der Waals surface area (Å²) in [6.45, 7) is 0. The molecule has 3 N–H and O–H groups in total. The molecule has 9 nitrogen and oxygen atoms in total. The number of hydrogen-bond donors (Lipinski definition) is 3. The molecule has 0 atom stereocenters. The van der Waals surface area contributed by atoms with Gasteiger partial charge in [-0.15, -0.1) is 5.23 Å². The number of nitrogens with zero attached hydrogens (tertiary/aromatic N) is 2. The Kier molecular flexibility index (Phi) is 6.52. The molecule has 2 amide bonds. The van der Waals surface area contributed by atoms with Crippen molar-refractivity contribution >= 4 is 46.6 Å². The molecule has 1 aromatic heterocycles. The van der Waals surface area contributed by atoms with Crippen LogP contribution in [0.4, 0.5) is 11.4 Å². The second-order valence-electron chi connectivity index (χ2n) is 7.88. The Balaban J connectivity index is 1.40. The molecule has 5 rings (SSSR count). The van der Waals surface area contributed by atoms with Gasteiger partial charge in [0, 0.05) is 5.56 Å². The summed E-state index contributed by atoms with van der Waals surface area (Å²) in [6.07, 6.45) is 1.31. The zero-order valence-corrected chi connectivity index (χ0v) is 19.9. The Morgan fingerprint density at radius 2 is 1.54 bits per heavy atom. The Morgan fingerprint density at radius 3 is 2.27 bits per heavy atom. The van der Waals surface area contributed by atoms with E-state index in [4.69, 9.17) is 21.4 Å². The highest BCUT2D eigenvalue weighted by molar-refractivity contribution is 7.80. The van der Waals surface area contributed by atoms with Crippen LogP contribution in [-0.4, -0.2) is 27.3 Å². The van der Waals surface area contributed by atoms with Gasteiger partial charge in [0.15, 0.2) is 5.11 Å². The quantitative estimate of drug-likeness (QED) is 0.140. The fourth-order valence-corrected chi connectivity index (χ4v) is 4.03. The second kappa shape index (κ2) is 10.1. The molecular formula is C27H19N3O6S. The molecular weight excluding hydrogens is 494 g/mol. The first-order valence-electron chi connectivity index (χ1n) is 11.0. The molecule has 2 heterocycles. The van der Waals surface area contributed by atoms with E-state index in [1.807, 2.05) is 30.3 Å². The second-order valence-corrected chi connectivity index (χ2v) is 8.26. The minimum Gasteiger partial charge on any atom is -0.457 e. The van der Waals surface area contributed by atoms with Gasteiger partial charge in [0.05, 0.1) is 5.69 Å². The van der Waals surface area contributed by atoms with Gasteiger partial charge in [-0.3, -0.25) is 30.2 Å². The first-order valence-corrected chi connectivity index (χ1v) is 11.4. The summed E-state index contributed by atoms with van der Waals surface area (Å²) < 4.78 is 11.6. The van der Waals surface area contributed by atoms with E-state index in [9.17, 15) is 20.0 Å². The first kappa shape index (κ1) is 23.9. The predicted octanol–water partition coefficient (Wildman–Crippen LogP) is 5.16. The SMILES string of the molecule is O=C1NC(=S)N(c2ccc(Oc3ccccc3)cc2)C(=O)C1=Cc1ccc(-c2ccccc2N(O)O)o1. The van der Waals surface area contributed by atoms with Crippen LogP contribution in [0.3, 0.4) is 0 Å². The van der Waals surface area contributed by atoms with E-state index in [1.165, 1.54) is 17.0 Å². The maximum absolute atomic E-state index is 13.3. The summed E-state index contributed by atoms with van der Waals surface area (Å²) in [5.74, 6) is 0.471. The molecule has 0 saturated carbocycles. The molecule has 0 bridgehead atoms. The summed E-state index contributed by atoms with van der Waals surface area (Å²) >= 11 is 5.26. The standard InChI is InChI=1S/C27H19N3O6S/c31-25-22(16-20-14-15-24(36-20)21-8-4-5-9-23(21)30(33)34)26(32)29(27(37)28-25)17-10-12-19(13-11-17)35-18-6-2-1-3-7-18/h1-16,33-34H,(H,28,31,37). The van der Waals surface area contributed by atoms with Crippen molar-refractivity contribution in [1.82, 2.24) is 5.32 Å². The van der Waals surface area contributed by atoms with Gasteiger partial charge >= 0.3 is 0 Å². The van der Waals surface area contributed by atoms with Gasteiger partial charge < -0.3 is 9.15 Å². The minimum absolute atomic E-state index is 0.0108. The van der Waals surface area contributed by atoms with E-state index in [2.05, 4.69) is 5.32 Å². The Labute approximate surface area is 216 Å². The molecule has 37 heavy (non-hydrogen) atoms. The van der Waals surface area contributed by atoms with Crippen molar-refractivity contribution in [3.05, 3.63) is 102 Å². The third-order valence-electron chi connectivity index (χ3n) is 5.47. The van der Waals surface area contributed by atoms with Gasteiger partial charge in [-0.05, 0) is 79.0 Å². The van der Waals surface area contributed by atoms with Crippen LogP contribution in [0, 0.1) is 0 Å². The first-order chi connectivity index (χ1) is 17.9. The van der Waals surface area contributed by atoms with Crippen molar-refractivity contribution in [2.45, 2.75) is 0 Å². The number of rotatable bonds is 6. The van der Waals surface area contributed by atoms with Crippen molar-refractivity contribution in [3.8, 4) is 22.8 Å². The lowest BCUT2D eigenvalue weighted by Gasteiger charge is -2.28. The van der Waals surface area contributed by atoms with Crippen LogP contribution in [0.25, 0.3) is 17.4 Å². The Bertz CT molecular complexity index is 1510. The van der Waals surface area contributed by atoms with Crippen molar-refractivity contribution in [2.75, 3.05) is 10.1 Å². The molecule has 0 unspecified atom stereocenters. The van der Waals surface area contributed by atoms with Gasteiger partial charge in [0.2, 0.25) is 0 Å². The van der Waals surface area contributed by atoms with Crippen molar-refractivity contribution in [1.29, 1.82) is 0 Å². The number of carbonyl (C=O) groups excluding carboxylic acids is 2. The molecule has 4 aromatic rings. The summed E-state index contributed by atoms with van der Waals surface area (Å²) in [4.78, 5) is 27.1. The van der Waals surface area contributed by atoms with Crippen LogP contribution in [-0.2, 0) is 9.59 Å². The average molecular weight is 514 g/mol. The van der Waals surface area contributed by atoms with E-state index in [1.54, 1.807) is 54.6 Å². The lowest BCUT2D eigenvalue weighted by atomic mass is 10.1. The van der Waals surface area contributed by atoms with E-state index in [0.717, 1.165) is 0 Å². The van der Waals surface area contributed by atoms with Gasteiger partial charge in [0.25, 0.3) is 11.8 Å². The molecule has 1 fully saturated rings. The van der Waals surface area contributed by atoms with E-state index >= 15 is 0 Å². The van der Waals surface area contributed by atoms with Crippen LogP contribution < -0.4 is 20.2 Å². The molecule has 3 aromatic carbocycles. The summed E-state index contributed by atoms with van der Waals surface area (Å²) in [6, 6.07) is 25.6. The van der Waals surface area contributed by atoms with Crippen molar-refractivity contribution in [3.63, 3.8) is 0 Å². The number of hydrogen-bond acceptors (Lipinski definition) is 8. The number of carbonyl (C=O) groups is 2. The molecule has 1 aliphatic rings. The fraction of sp³-hybridized carbons (Fsp3) is 0. The highest BCUT2D eigenvalue weighted by Gasteiger charge is 2.34. The maximum Gasteiger partial charge on any atom is 0.270 e. The molecule has 1 saturated heterocycles. The molecule has 0 spiro atoms. The lowest BCUT2D eigenvalue weighted by molar-refractivity contribution is -0.122. The highest BCUT2D eigenvalue weighted by atomic mass is 32.1. The smallest absolute Gasteiger partial charge is 0.270 e. The molecule has 1 aliphatic heterocycles. The zero-order chi connectivity index (χ0) is 25.9. The molecule has 0 radical (unpaired) electrons. The average Bonchev–Trinajstić information content (AvgIpc) is 3.37. The normalized spacial score (nSPS) is 14.6. The zero-order valence-electron chi connectivity index (χ0n) is 19.1. The molecule has 10 heteroatoms. The van der Waals surface area contributed by atoms with Crippen LogP contribution >= 0.6 is 12.2 Å². The number of nitrogens with one attached hydrogen (secondary N) is 1. The number of furan rings is 1. The third kappa shape index (κ3) is 4.98. The number of thiocarbonyl (C=S) groups is 1. The summed E-state index contributed by atoms with van der Waals surface area (Å²) in [7, 11) is 0. The van der Waals surface area contributed by atoms with E-state index < -0.39 is 11.8 Å². The lowest BCUT2D eigenvalue weighted by Crippen LogP contribution is -2.54. The van der Waals surface area contributed by atoms with E-state index in [-0.39, 0.29) is 27.4 Å². The summed E-state index contributed by atoms with van der Waals surface area (Å²) in [5.41, 5.74) is 0.760. The number of amides is 2. The van der Waals surface area contributed by atoms with Crippen LogP contribution in [0.5, 0.6) is 11.5 Å². The third-order valence-corrected chi connectivity index (χ3v) is 5.76. The summed E-state index contributed by atoms with van der Waals surface area (Å²) in [5, 5.41) is 21.4. The number of ether oxygens (including phenoxy) is 1. The largest absolute Gasteiger partial charge is 0.457 e. The molecule has 0 aliphatic carbocycles. The van der Waals surface area contributed by atoms with Gasteiger partial charge in [0.1, 0.15) is 34.3 Å². The van der Waals surface area contributed by atoms with Crippen molar-refractivity contribution in [2.24, 2.45) is 0 Å². The van der Waals surface area contributed by atoms with Crippen LogP contribution in [0.1, 0.15) is 5.76 Å². The predicted molar refractivity (Wildman–Crippen MR) is 139 cm³/mol. The van der Waals surface area contributed by atoms with Gasteiger partial charge in [-0.25, -0.2) is 0 Å². The fourth-order valence-electron chi connectivity index (χ4n) is 3.75. The van der Waals surface area contributed by atoms with Gasteiger partial charge in [-0.1, -0.05) is 30.3 Å². The van der Waals surface area contributed by atoms with Gasteiger partial charge in [-0.2, -0.15) is 0 Å². The Morgan fingerprint density at radius 1 is 0.865 bits per heavy atom. The van der Waals surface area contributed by atoms with E-state index in [0.29, 0.717) is 28.5 Å². The number of benzene rings is 3. The topological polar surface area (TPSA) is 115 Å². The number of para-hydroxylation sites is 2. The molecule has 184 valence electrons. The minimum atomic E-state index is -0.662. The number of anilines is 2. The Hall–Kier alpha value is -4.77. The maximum atomic E-state index is 13.3. The van der Waals surface area contributed by atoms with Crippen LogP contribution in [0.15, 0.2) is 101 Å². The van der Waals surface area contributed by atoms with Crippen LogP contribution in [0.2, 0.25) is 0 Å².